The van der Waals surface area contributed by atoms with Crippen LogP contribution in [0, 0.1) is 0 Å². The zero-order valence-electron chi connectivity index (χ0n) is 24.5. The Kier molecular flexibility index (Phi) is 12.5. The van der Waals surface area contributed by atoms with Crippen LogP contribution >= 0.6 is 0 Å². The molecule has 17 nitrogen and oxygen atoms in total. The molecule has 4 aliphatic heterocycles. The second-order valence-corrected chi connectivity index (χ2v) is 11.3. The highest BCUT2D eigenvalue weighted by Crippen LogP contribution is 2.33. The van der Waals surface area contributed by atoms with Crippen molar-refractivity contribution in [1.29, 1.82) is 0 Å². The summed E-state index contributed by atoms with van der Waals surface area (Å²) in [7, 11) is 2.98. The molecule has 4 fully saturated rings. The molecule has 0 spiro atoms. The fourth-order valence-electron chi connectivity index (χ4n) is 5.85. The maximum atomic E-state index is 10.7. The van der Waals surface area contributed by atoms with Gasteiger partial charge in [-0.2, -0.15) is 0 Å². The standard InChI is InChI=1S/C26H46O17/c1-9-23(11(35-3)5-15(28)38-9)42-16-6-12(36-4)24(10(2)39-16)43-26-22(34)20(32)18(30)14(41-26)8-37-25-21(33)19(31)17(29)13(7-27)40-25/h9-34H,5-8H2,1-4H3/t9-,10-,11+,12+,13-,14-,15?,16+,17-,18-,19+,20+,21-,22-,23-,24-,25-,26+/m1/s1. The number of methoxy groups -OCH3 is 2. The molecule has 0 aliphatic carbocycles. The topological polar surface area (TPSA) is 245 Å². The Balaban J connectivity index is 1.37. The lowest BCUT2D eigenvalue weighted by molar-refractivity contribution is -0.359. The minimum atomic E-state index is -1.71. The first-order valence-corrected chi connectivity index (χ1v) is 14.4. The molecule has 1 unspecified atom stereocenters. The maximum absolute atomic E-state index is 10.7. The largest absolute Gasteiger partial charge is 0.394 e. The van der Waals surface area contributed by atoms with Crippen LogP contribution in [0.15, 0.2) is 0 Å². The highest BCUT2D eigenvalue weighted by molar-refractivity contribution is 4.93. The van der Waals surface area contributed by atoms with Crippen molar-refractivity contribution in [2.45, 2.75) is 137 Å². The molecule has 8 N–H and O–H groups in total. The highest BCUT2D eigenvalue weighted by Gasteiger charge is 2.50. The van der Waals surface area contributed by atoms with Gasteiger partial charge in [0.2, 0.25) is 0 Å². The first kappa shape index (κ1) is 35.2. The van der Waals surface area contributed by atoms with Crippen LogP contribution in [0.1, 0.15) is 26.7 Å². The fourth-order valence-corrected chi connectivity index (χ4v) is 5.85. The van der Waals surface area contributed by atoms with Crippen LogP contribution in [-0.4, -0.2) is 179 Å². The van der Waals surface area contributed by atoms with E-state index in [1.807, 2.05) is 0 Å². The maximum Gasteiger partial charge on any atom is 0.187 e. The molecule has 4 heterocycles. The van der Waals surface area contributed by atoms with E-state index in [4.69, 9.17) is 42.6 Å². The van der Waals surface area contributed by atoms with E-state index in [-0.39, 0.29) is 12.8 Å². The lowest BCUT2D eigenvalue weighted by Gasteiger charge is -2.46. The number of ether oxygens (including phenoxy) is 9. The molecule has 4 saturated heterocycles. The Labute approximate surface area is 248 Å². The van der Waals surface area contributed by atoms with Crippen molar-refractivity contribution in [3.8, 4) is 0 Å². The van der Waals surface area contributed by atoms with Gasteiger partial charge in [0.05, 0.1) is 37.6 Å². The van der Waals surface area contributed by atoms with Gasteiger partial charge in [0, 0.05) is 27.1 Å². The summed E-state index contributed by atoms with van der Waals surface area (Å²) in [6, 6.07) is 0. The summed E-state index contributed by atoms with van der Waals surface area (Å²) in [5.41, 5.74) is 0. The summed E-state index contributed by atoms with van der Waals surface area (Å²) in [6.07, 6.45) is -20.3. The zero-order chi connectivity index (χ0) is 31.6. The van der Waals surface area contributed by atoms with E-state index in [0.717, 1.165) is 0 Å². The average Bonchev–Trinajstić information content (AvgIpc) is 2.98. The summed E-state index contributed by atoms with van der Waals surface area (Å²) < 4.78 is 51.4. The third kappa shape index (κ3) is 7.83. The van der Waals surface area contributed by atoms with Crippen LogP contribution in [0.25, 0.3) is 0 Å². The van der Waals surface area contributed by atoms with Gasteiger partial charge < -0.3 is 83.5 Å². The Morgan fingerprint density at radius 1 is 0.605 bits per heavy atom. The van der Waals surface area contributed by atoms with Crippen LogP contribution < -0.4 is 0 Å². The number of hydrogen-bond donors (Lipinski definition) is 8. The van der Waals surface area contributed by atoms with Gasteiger partial charge in [-0.15, -0.1) is 0 Å². The molecule has 17 heteroatoms. The van der Waals surface area contributed by atoms with Crippen LogP contribution in [0.4, 0.5) is 0 Å². The third-order valence-electron chi connectivity index (χ3n) is 8.40. The molecule has 0 aromatic carbocycles. The van der Waals surface area contributed by atoms with Gasteiger partial charge >= 0.3 is 0 Å². The monoisotopic (exact) mass is 630 g/mol. The first-order valence-electron chi connectivity index (χ1n) is 14.4. The molecule has 0 radical (unpaired) electrons. The number of hydrogen-bond acceptors (Lipinski definition) is 17. The van der Waals surface area contributed by atoms with Crippen molar-refractivity contribution >= 4 is 0 Å². The zero-order valence-corrected chi connectivity index (χ0v) is 24.5. The molecule has 252 valence electrons. The SMILES string of the molecule is CO[C@H]1CC(O)O[C@H](C)[C@H]1O[C@H]1C[C@H](OC)[C@H](O[C@@H]2O[C@H](CO[C@@H]3O[C@H](CO)[C@@H](O)[C@H](O)[C@H]3O)[C@@H](O)[C@H](O)[C@H]2O)[C@@H](C)O1. The summed E-state index contributed by atoms with van der Waals surface area (Å²) in [5.74, 6) is 0. The smallest absolute Gasteiger partial charge is 0.187 e. The molecule has 18 atom stereocenters. The van der Waals surface area contributed by atoms with Crippen LogP contribution in [0.5, 0.6) is 0 Å². The predicted molar refractivity (Wildman–Crippen MR) is 138 cm³/mol. The Morgan fingerprint density at radius 3 is 1.77 bits per heavy atom. The van der Waals surface area contributed by atoms with Gasteiger partial charge in [-0.3, -0.25) is 0 Å². The average molecular weight is 631 g/mol. The fraction of sp³-hybridized carbons (Fsp3) is 1.00. The van der Waals surface area contributed by atoms with Gasteiger partial charge in [0.1, 0.15) is 61.0 Å². The molecule has 0 aromatic rings. The van der Waals surface area contributed by atoms with Crippen LogP contribution in [0.3, 0.4) is 0 Å². The van der Waals surface area contributed by atoms with E-state index in [1.165, 1.54) is 14.2 Å². The Bertz CT molecular complexity index is 852. The Hall–Kier alpha value is -0.680. The van der Waals surface area contributed by atoms with Gasteiger partial charge in [0.15, 0.2) is 25.2 Å². The van der Waals surface area contributed by atoms with E-state index >= 15 is 0 Å². The molecule has 0 saturated carbocycles. The quantitative estimate of drug-likeness (QED) is 0.114. The van der Waals surface area contributed by atoms with E-state index in [2.05, 4.69) is 0 Å². The number of aliphatic hydroxyl groups excluding tert-OH is 8. The van der Waals surface area contributed by atoms with Crippen molar-refractivity contribution in [2.75, 3.05) is 27.4 Å². The first-order chi connectivity index (χ1) is 20.4. The lowest BCUT2D eigenvalue weighted by Crippen LogP contribution is -2.63. The number of aliphatic hydroxyl groups is 8. The van der Waals surface area contributed by atoms with Crippen molar-refractivity contribution in [3.63, 3.8) is 0 Å². The van der Waals surface area contributed by atoms with E-state index in [0.29, 0.717) is 0 Å². The summed E-state index contributed by atoms with van der Waals surface area (Å²) in [4.78, 5) is 0. The van der Waals surface area contributed by atoms with Gasteiger partial charge in [-0.25, -0.2) is 0 Å². The summed E-state index contributed by atoms with van der Waals surface area (Å²) >= 11 is 0. The molecule has 0 bridgehead atoms. The van der Waals surface area contributed by atoms with Crippen molar-refractivity contribution < 1.29 is 83.5 Å². The minimum absolute atomic E-state index is 0.200. The molecular formula is C26H46O17. The number of rotatable bonds is 10. The van der Waals surface area contributed by atoms with Crippen LogP contribution in [-0.2, 0) is 42.6 Å². The van der Waals surface area contributed by atoms with E-state index < -0.39 is 124 Å². The second kappa shape index (κ2) is 15.3. The molecule has 43 heavy (non-hydrogen) atoms. The summed E-state index contributed by atoms with van der Waals surface area (Å²) in [6.45, 7) is 2.30. The molecule has 4 rings (SSSR count). The van der Waals surface area contributed by atoms with Crippen molar-refractivity contribution in [2.24, 2.45) is 0 Å². The van der Waals surface area contributed by atoms with Gasteiger partial charge in [-0.1, -0.05) is 0 Å². The minimum Gasteiger partial charge on any atom is -0.394 e. The molecule has 0 amide bonds. The van der Waals surface area contributed by atoms with Crippen molar-refractivity contribution in [3.05, 3.63) is 0 Å². The van der Waals surface area contributed by atoms with Crippen molar-refractivity contribution in [1.82, 2.24) is 0 Å². The molecule has 0 aromatic heterocycles. The normalized spacial score (nSPS) is 51.3. The van der Waals surface area contributed by atoms with Gasteiger partial charge in [-0.05, 0) is 13.8 Å². The lowest BCUT2D eigenvalue weighted by atomic mass is 9.97. The van der Waals surface area contributed by atoms with E-state index in [9.17, 15) is 40.9 Å². The highest BCUT2D eigenvalue weighted by atomic mass is 16.8. The van der Waals surface area contributed by atoms with E-state index in [1.54, 1.807) is 13.8 Å². The van der Waals surface area contributed by atoms with Gasteiger partial charge in [0.25, 0.3) is 0 Å². The Morgan fingerprint density at radius 2 is 1.14 bits per heavy atom. The molecule has 4 aliphatic rings. The predicted octanol–water partition coefficient (Wildman–Crippen LogP) is -4.33. The second-order valence-electron chi connectivity index (χ2n) is 11.3. The van der Waals surface area contributed by atoms with Crippen LogP contribution in [0.2, 0.25) is 0 Å². The third-order valence-corrected chi connectivity index (χ3v) is 8.40. The molecular weight excluding hydrogens is 584 g/mol. The summed E-state index contributed by atoms with van der Waals surface area (Å²) in [5, 5.41) is 81.2.